The standard InChI is InChI=1S/C35H25N5O.Pt/c1-21-12-13-37-34(14-21)40-31-11-6-5-10-28(31)35-25(19-36)16-27(17-32(35)40)41-26-9-7-8-24(15-26)30-18-29-22(2)23(3)39(4)33(29)20-38-30;/h5-14,16,18,20H,1-4H3;/q-2;+2. The molecular weight excluding hydrogens is 701 g/mol. The fourth-order valence-electron chi connectivity index (χ4n) is 5.58. The first-order valence-electron chi connectivity index (χ1n) is 13.4. The van der Waals surface area contributed by atoms with Crippen molar-refractivity contribution < 1.29 is 25.8 Å². The van der Waals surface area contributed by atoms with Crippen LogP contribution in [0.1, 0.15) is 22.4 Å². The SMILES string of the molecule is Cc1ccnc(-n2c3[c-]c(Oc4[c-]c(-c5cc6c(C)c(C)n(C)c6cn5)ccc4)cc(C#N)c3c3ccccc32)c1.[Pt+2]. The predicted molar refractivity (Wildman–Crippen MR) is 161 cm³/mol. The summed E-state index contributed by atoms with van der Waals surface area (Å²) in [6.07, 6.45) is 3.70. The van der Waals surface area contributed by atoms with Crippen molar-refractivity contribution >= 4 is 32.7 Å². The first kappa shape index (κ1) is 27.4. The van der Waals surface area contributed by atoms with Crippen LogP contribution in [0.3, 0.4) is 0 Å². The maximum Gasteiger partial charge on any atom is 2.00 e. The third-order valence-electron chi connectivity index (χ3n) is 7.87. The van der Waals surface area contributed by atoms with Crippen LogP contribution in [-0.4, -0.2) is 19.1 Å². The van der Waals surface area contributed by atoms with E-state index in [9.17, 15) is 5.26 Å². The van der Waals surface area contributed by atoms with Gasteiger partial charge in [0.15, 0.2) is 0 Å². The van der Waals surface area contributed by atoms with Gasteiger partial charge in [0.25, 0.3) is 0 Å². The Hall–Kier alpha value is -4.72. The normalized spacial score (nSPS) is 11.1. The molecule has 206 valence electrons. The summed E-state index contributed by atoms with van der Waals surface area (Å²) in [7, 11) is 2.06. The number of aromatic nitrogens is 4. The molecule has 0 fully saturated rings. The fraction of sp³-hybridized carbons (Fsp3) is 0.114. The van der Waals surface area contributed by atoms with Crippen LogP contribution in [0.25, 0.3) is 49.8 Å². The number of nitriles is 1. The first-order chi connectivity index (χ1) is 19.9. The molecule has 0 saturated carbocycles. The molecule has 0 atom stereocenters. The second-order valence-corrected chi connectivity index (χ2v) is 10.3. The van der Waals surface area contributed by atoms with Crippen molar-refractivity contribution in [3.05, 3.63) is 114 Å². The van der Waals surface area contributed by atoms with Crippen LogP contribution < -0.4 is 4.74 Å². The van der Waals surface area contributed by atoms with Crippen LogP contribution in [0.5, 0.6) is 11.5 Å². The number of hydrogen-bond acceptors (Lipinski definition) is 4. The second-order valence-electron chi connectivity index (χ2n) is 10.3. The van der Waals surface area contributed by atoms with Crippen molar-refractivity contribution in [2.75, 3.05) is 0 Å². The summed E-state index contributed by atoms with van der Waals surface area (Å²) in [6, 6.07) is 30.8. The van der Waals surface area contributed by atoms with Crippen LogP contribution in [0.15, 0.2) is 79.1 Å². The van der Waals surface area contributed by atoms with Crippen molar-refractivity contribution in [2.45, 2.75) is 20.8 Å². The molecule has 7 aromatic rings. The molecule has 0 amide bonds. The van der Waals surface area contributed by atoms with Crippen molar-refractivity contribution in [2.24, 2.45) is 7.05 Å². The summed E-state index contributed by atoms with van der Waals surface area (Å²) >= 11 is 0. The third-order valence-corrected chi connectivity index (χ3v) is 7.87. The average molecular weight is 727 g/mol. The minimum absolute atomic E-state index is 0. The zero-order valence-corrected chi connectivity index (χ0v) is 25.7. The van der Waals surface area contributed by atoms with E-state index >= 15 is 0 Å². The maximum atomic E-state index is 10.2. The summed E-state index contributed by atoms with van der Waals surface area (Å²) in [6.45, 7) is 6.29. The largest absolute Gasteiger partial charge is 2.00 e. The Balaban J connectivity index is 0.00000316. The Labute approximate surface area is 258 Å². The first-order valence-corrected chi connectivity index (χ1v) is 13.4. The number of aryl methyl sites for hydroxylation is 3. The Morgan fingerprint density at radius 3 is 2.50 bits per heavy atom. The van der Waals surface area contributed by atoms with Crippen LogP contribution in [-0.2, 0) is 28.1 Å². The van der Waals surface area contributed by atoms with E-state index in [0.29, 0.717) is 17.1 Å². The van der Waals surface area contributed by atoms with Gasteiger partial charge in [-0.3, -0.25) is 0 Å². The molecule has 0 bridgehead atoms. The molecular formula is C35H25N5OPt. The molecule has 0 radical (unpaired) electrons. The minimum atomic E-state index is 0. The van der Waals surface area contributed by atoms with E-state index in [1.807, 2.05) is 72.3 Å². The fourth-order valence-corrected chi connectivity index (χ4v) is 5.58. The van der Waals surface area contributed by atoms with Crippen LogP contribution in [0.2, 0.25) is 0 Å². The number of nitrogens with zero attached hydrogens (tertiary/aromatic N) is 5. The maximum absolute atomic E-state index is 10.2. The third kappa shape index (κ3) is 4.38. The van der Waals surface area contributed by atoms with Crippen LogP contribution >= 0.6 is 0 Å². The summed E-state index contributed by atoms with van der Waals surface area (Å²) in [5.74, 6) is 1.70. The molecule has 0 saturated heterocycles. The molecule has 4 aromatic heterocycles. The molecule has 0 aliphatic heterocycles. The molecule has 6 nitrogen and oxygen atoms in total. The number of hydrogen-bond donors (Lipinski definition) is 0. The van der Waals surface area contributed by atoms with E-state index in [-0.39, 0.29) is 21.1 Å². The molecule has 0 aliphatic carbocycles. The molecule has 7 rings (SSSR count). The number of benzene rings is 3. The molecule has 7 heteroatoms. The van der Waals surface area contributed by atoms with Gasteiger partial charge in [0, 0.05) is 42.2 Å². The summed E-state index contributed by atoms with van der Waals surface area (Å²) in [4.78, 5) is 9.35. The minimum Gasteiger partial charge on any atom is -0.503 e. The smallest absolute Gasteiger partial charge is 0.503 e. The van der Waals surface area contributed by atoms with Gasteiger partial charge in [-0.25, -0.2) is 4.98 Å². The van der Waals surface area contributed by atoms with Gasteiger partial charge in [-0.05, 0) is 72.1 Å². The second kappa shape index (κ2) is 10.6. The monoisotopic (exact) mass is 726 g/mol. The zero-order valence-electron chi connectivity index (χ0n) is 23.5. The molecule has 0 aliphatic rings. The van der Waals surface area contributed by atoms with Gasteiger partial charge in [-0.15, -0.1) is 35.9 Å². The zero-order chi connectivity index (χ0) is 28.2. The van der Waals surface area contributed by atoms with Crippen molar-refractivity contribution in [1.82, 2.24) is 19.1 Å². The summed E-state index contributed by atoms with van der Waals surface area (Å²) < 4.78 is 10.5. The van der Waals surface area contributed by atoms with Crippen molar-refractivity contribution in [1.29, 1.82) is 5.26 Å². The topological polar surface area (TPSA) is 68.7 Å². The van der Waals surface area contributed by atoms with Crippen molar-refractivity contribution in [3.63, 3.8) is 0 Å². The molecule has 0 N–H and O–H groups in total. The predicted octanol–water partition coefficient (Wildman–Crippen LogP) is 7.92. The van der Waals surface area contributed by atoms with Gasteiger partial charge < -0.3 is 18.9 Å². The Morgan fingerprint density at radius 2 is 1.69 bits per heavy atom. The quantitative estimate of drug-likeness (QED) is 0.173. The van der Waals surface area contributed by atoms with Crippen LogP contribution in [0, 0.1) is 44.2 Å². The van der Waals surface area contributed by atoms with E-state index in [4.69, 9.17) is 9.72 Å². The summed E-state index contributed by atoms with van der Waals surface area (Å²) in [5.41, 5.74) is 8.48. The molecule has 3 aromatic carbocycles. The van der Waals surface area contributed by atoms with Crippen LogP contribution in [0.4, 0.5) is 0 Å². The molecule has 42 heavy (non-hydrogen) atoms. The summed E-state index contributed by atoms with van der Waals surface area (Å²) in [5, 5.41) is 13.1. The van der Waals surface area contributed by atoms with Gasteiger partial charge in [0.1, 0.15) is 5.82 Å². The Bertz CT molecular complexity index is 2200. The van der Waals surface area contributed by atoms with Gasteiger partial charge in [0.2, 0.25) is 0 Å². The number of pyridine rings is 2. The van der Waals surface area contributed by atoms with Gasteiger partial charge in [-0.1, -0.05) is 41.2 Å². The molecule has 0 unspecified atom stereocenters. The van der Waals surface area contributed by atoms with Gasteiger partial charge in [-0.2, -0.15) is 5.26 Å². The van der Waals surface area contributed by atoms with E-state index in [1.54, 1.807) is 12.3 Å². The Morgan fingerprint density at radius 1 is 0.857 bits per heavy atom. The van der Waals surface area contributed by atoms with E-state index in [2.05, 4.69) is 54.7 Å². The molecule has 4 heterocycles. The number of ether oxygens (including phenoxy) is 1. The van der Waals surface area contributed by atoms with E-state index < -0.39 is 0 Å². The molecule has 0 spiro atoms. The average Bonchev–Trinajstić information content (AvgIpc) is 3.43. The van der Waals surface area contributed by atoms with E-state index in [0.717, 1.165) is 50.0 Å². The van der Waals surface area contributed by atoms with Gasteiger partial charge >= 0.3 is 21.1 Å². The number of para-hydroxylation sites is 1. The van der Waals surface area contributed by atoms with Gasteiger partial charge in [0.05, 0.1) is 11.6 Å². The van der Waals surface area contributed by atoms with Crippen molar-refractivity contribution in [3.8, 4) is 34.6 Å². The van der Waals surface area contributed by atoms with E-state index in [1.165, 1.54) is 16.6 Å². The number of rotatable bonds is 4. The number of fused-ring (bicyclic) bond motifs is 4. The Kier molecular flexibility index (Phi) is 6.92.